The first-order valence-electron chi connectivity index (χ1n) is 9.53. The molecular formula is C22H22ClN3O3. The molecule has 29 heavy (non-hydrogen) atoms. The molecule has 1 aromatic heterocycles. The summed E-state index contributed by atoms with van der Waals surface area (Å²) in [6.07, 6.45) is 3.03. The first kappa shape index (κ1) is 19.5. The molecular weight excluding hydrogens is 390 g/mol. The van der Waals surface area contributed by atoms with Crippen molar-refractivity contribution in [2.75, 3.05) is 13.7 Å². The number of halogens is 1. The fraction of sp³-hybridized carbons (Fsp3) is 0.273. The Balaban J connectivity index is 1.82. The molecule has 4 rings (SSSR count). The van der Waals surface area contributed by atoms with Crippen molar-refractivity contribution in [3.05, 3.63) is 92.8 Å². The Labute approximate surface area is 174 Å². The topological polar surface area (TPSA) is 60.5 Å². The van der Waals surface area contributed by atoms with Gasteiger partial charge in [0, 0.05) is 59.8 Å². The summed E-state index contributed by atoms with van der Waals surface area (Å²) in [4.78, 5) is 13.3. The molecule has 1 aliphatic rings. The van der Waals surface area contributed by atoms with Gasteiger partial charge in [0.2, 0.25) is 0 Å². The van der Waals surface area contributed by atoms with E-state index >= 15 is 0 Å². The molecule has 1 unspecified atom stereocenters. The minimum atomic E-state index is -0.375. The minimum absolute atomic E-state index is 0.0454. The Bertz CT molecular complexity index is 1030. The quantitative estimate of drug-likeness (QED) is 0.435. The third kappa shape index (κ3) is 3.86. The van der Waals surface area contributed by atoms with Crippen LogP contribution in [0.2, 0.25) is 5.02 Å². The van der Waals surface area contributed by atoms with Crippen LogP contribution in [-0.4, -0.2) is 28.0 Å². The van der Waals surface area contributed by atoms with Crippen LogP contribution in [0.5, 0.6) is 5.75 Å². The number of nitro benzene ring substituents is 1. The predicted octanol–water partition coefficient (Wildman–Crippen LogP) is 5.05. The van der Waals surface area contributed by atoms with Gasteiger partial charge >= 0.3 is 0 Å². The molecule has 0 amide bonds. The van der Waals surface area contributed by atoms with Crippen LogP contribution in [-0.2, 0) is 13.1 Å². The highest BCUT2D eigenvalue weighted by Gasteiger charge is 2.30. The van der Waals surface area contributed by atoms with E-state index in [1.165, 1.54) is 6.07 Å². The number of methoxy groups -OCH3 is 1. The van der Waals surface area contributed by atoms with Crippen molar-refractivity contribution in [2.45, 2.75) is 25.6 Å². The molecule has 1 atom stereocenters. The molecule has 6 nitrogen and oxygen atoms in total. The van der Waals surface area contributed by atoms with E-state index in [9.17, 15) is 10.1 Å². The van der Waals surface area contributed by atoms with E-state index < -0.39 is 0 Å². The van der Waals surface area contributed by atoms with Crippen molar-refractivity contribution in [1.29, 1.82) is 0 Å². The van der Waals surface area contributed by atoms with Gasteiger partial charge in [-0.25, -0.2) is 0 Å². The second-order valence-corrected chi connectivity index (χ2v) is 7.53. The van der Waals surface area contributed by atoms with E-state index in [-0.39, 0.29) is 16.7 Å². The molecule has 0 spiro atoms. The van der Waals surface area contributed by atoms with Gasteiger partial charge in [0.05, 0.1) is 18.1 Å². The first-order chi connectivity index (χ1) is 14.1. The lowest BCUT2D eigenvalue weighted by Gasteiger charge is -2.31. The Morgan fingerprint density at radius 2 is 2.00 bits per heavy atom. The van der Waals surface area contributed by atoms with Crippen LogP contribution in [0, 0.1) is 10.1 Å². The van der Waals surface area contributed by atoms with E-state index in [2.05, 4.69) is 27.8 Å². The van der Waals surface area contributed by atoms with E-state index in [1.54, 1.807) is 19.2 Å². The molecule has 0 radical (unpaired) electrons. The van der Waals surface area contributed by atoms with Gasteiger partial charge in [-0.3, -0.25) is 15.0 Å². The number of fused-ring (bicyclic) bond motifs is 1. The molecule has 0 aliphatic carbocycles. The summed E-state index contributed by atoms with van der Waals surface area (Å²) in [5, 5.41) is 11.9. The number of ether oxygens (including phenoxy) is 1. The van der Waals surface area contributed by atoms with Gasteiger partial charge in [0.15, 0.2) is 0 Å². The number of hydrogen-bond acceptors (Lipinski definition) is 4. The fourth-order valence-electron chi connectivity index (χ4n) is 4.07. The monoisotopic (exact) mass is 411 g/mol. The summed E-state index contributed by atoms with van der Waals surface area (Å²) in [5.41, 5.74) is 2.95. The summed E-state index contributed by atoms with van der Waals surface area (Å²) >= 11 is 6.56. The molecule has 0 saturated heterocycles. The van der Waals surface area contributed by atoms with Crippen LogP contribution in [0.15, 0.2) is 60.8 Å². The van der Waals surface area contributed by atoms with Gasteiger partial charge in [-0.1, -0.05) is 29.8 Å². The molecule has 0 fully saturated rings. The Kier molecular flexibility index (Phi) is 5.56. The molecule has 0 bridgehead atoms. The average Bonchev–Trinajstić information content (AvgIpc) is 3.11. The standard InChI is InChI=1S/C22H22ClN3O3/c1-29-21-8-3-2-6-16(21)15-25-13-5-12-24-11-4-7-20(24)22(25)18-14-17(26(27)28)9-10-19(18)23/h2-4,6-11,14,22H,5,12-13,15H2,1H3. The highest BCUT2D eigenvalue weighted by atomic mass is 35.5. The van der Waals surface area contributed by atoms with Crippen molar-refractivity contribution in [3.63, 3.8) is 0 Å². The zero-order valence-corrected chi connectivity index (χ0v) is 16.9. The Morgan fingerprint density at radius 1 is 1.17 bits per heavy atom. The summed E-state index contributed by atoms with van der Waals surface area (Å²) < 4.78 is 7.75. The van der Waals surface area contributed by atoms with Crippen LogP contribution < -0.4 is 4.74 Å². The van der Waals surface area contributed by atoms with Crippen molar-refractivity contribution in [1.82, 2.24) is 9.47 Å². The first-order valence-corrected chi connectivity index (χ1v) is 9.91. The summed E-state index contributed by atoms with van der Waals surface area (Å²) in [7, 11) is 1.67. The largest absolute Gasteiger partial charge is 0.496 e. The van der Waals surface area contributed by atoms with E-state index in [0.717, 1.165) is 42.1 Å². The minimum Gasteiger partial charge on any atom is -0.496 e. The second kappa shape index (κ2) is 8.27. The summed E-state index contributed by atoms with van der Waals surface area (Å²) in [6.45, 7) is 2.39. The maximum Gasteiger partial charge on any atom is 0.269 e. The Morgan fingerprint density at radius 3 is 2.79 bits per heavy atom. The number of para-hydroxylation sites is 1. The third-order valence-electron chi connectivity index (χ3n) is 5.41. The average molecular weight is 412 g/mol. The van der Waals surface area contributed by atoms with Gasteiger partial charge < -0.3 is 9.30 Å². The third-order valence-corrected chi connectivity index (χ3v) is 5.75. The molecule has 3 aromatic rings. The predicted molar refractivity (Wildman–Crippen MR) is 112 cm³/mol. The normalized spacial score (nSPS) is 16.8. The van der Waals surface area contributed by atoms with E-state index in [0.29, 0.717) is 11.6 Å². The van der Waals surface area contributed by atoms with Crippen molar-refractivity contribution in [2.24, 2.45) is 0 Å². The molecule has 2 aromatic carbocycles. The number of non-ortho nitro benzene ring substituents is 1. The second-order valence-electron chi connectivity index (χ2n) is 7.13. The van der Waals surface area contributed by atoms with Crippen LogP contribution in [0.3, 0.4) is 0 Å². The van der Waals surface area contributed by atoms with Gasteiger partial charge in [0.25, 0.3) is 5.69 Å². The lowest BCUT2D eigenvalue weighted by atomic mass is 10.00. The highest BCUT2D eigenvalue weighted by molar-refractivity contribution is 6.31. The van der Waals surface area contributed by atoms with Crippen molar-refractivity contribution >= 4 is 17.3 Å². The molecule has 150 valence electrons. The molecule has 1 aliphatic heterocycles. The van der Waals surface area contributed by atoms with E-state index in [1.807, 2.05) is 24.3 Å². The van der Waals surface area contributed by atoms with Crippen LogP contribution in [0.25, 0.3) is 0 Å². The number of nitro groups is 1. The molecule has 0 saturated carbocycles. The SMILES string of the molecule is COc1ccccc1CN1CCCn2cccc2C1c1cc([N+](=O)[O-])ccc1Cl. The highest BCUT2D eigenvalue weighted by Crippen LogP contribution is 2.38. The number of aromatic nitrogens is 1. The maximum absolute atomic E-state index is 11.4. The number of aryl methyl sites for hydroxylation is 1. The van der Waals surface area contributed by atoms with Crippen LogP contribution >= 0.6 is 11.6 Å². The molecule has 0 N–H and O–H groups in total. The van der Waals surface area contributed by atoms with Crippen LogP contribution in [0.1, 0.15) is 29.3 Å². The van der Waals surface area contributed by atoms with Gasteiger partial charge in [-0.2, -0.15) is 0 Å². The molecule has 7 heteroatoms. The number of rotatable bonds is 5. The van der Waals surface area contributed by atoms with Crippen molar-refractivity contribution < 1.29 is 9.66 Å². The van der Waals surface area contributed by atoms with E-state index in [4.69, 9.17) is 16.3 Å². The Hall–Kier alpha value is -2.83. The zero-order valence-electron chi connectivity index (χ0n) is 16.1. The number of nitrogens with zero attached hydrogens (tertiary/aromatic N) is 3. The number of hydrogen-bond donors (Lipinski definition) is 0. The fourth-order valence-corrected chi connectivity index (χ4v) is 4.29. The zero-order chi connectivity index (χ0) is 20.4. The van der Waals surface area contributed by atoms with Gasteiger partial charge in [0.1, 0.15) is 5.75 Å². The lowest BCUT2D eigenvalue weighted by Crippen LogP contribution is -2.30. The van der Waals surface area contributed by atoms with Crippen molar-refractivity contribution in [3.8, 4) is 5.75 Å². The summed E-state index contributed by atoms with van der Waals surface area (Å²) in [6, 6.07) is 16.5. The molecule has 2 heterocycles. The van der Waals surface area contributed by atoms with Gasteiger partial charge in [-0.15, -0.1) is 0 Å². The number of benzene rings is 2. The van der Waals surface area contributed by atoms with Crippen LogP contribution in [0.4, 0.5) is 5.69 Å². The van der Waals surface area contributed by atoms with Gasteiger partial charge in [-0.05, 0) is 30.7 Å². The summed E-state index contributed by atoms with van der Waals surface area (Å²) in [5.74, 6) is 0.830. The maximum atomic E-state index is 11.4. The smallest absolute Gasteiger partial charge is 0.269 e. The lowest BCUT2D eigenvalue weighted by molar-refractivity contribution is -0.384.